The highest BCUT2D eigenvalue weighted by molar-refractivity contribution is 5.62. The molecule has 0 spiro atoms. The Labute approximate surface area is 132 Å². The minimum absolute atomic E-state index is 0.419. The van der Waals surface area contributed by atoms with Crippen LogP contribution in [0.4, 0.5) is 5.69 Å². The van der Waals surface area contributed by atoms with Crippen molar-refractivity contribution in [3.8, 4) is 0 Å². The molecule has 22 heavy (non-hydrogen) atoms. The normalized spacial score (nSPS) is 12.5. The van der Waals surface area contributed by atoms with Gasteiger partial charge in [-0.15, -0.1) is 0 Å². The van der Waals surface area contributed by atoms with Crippen molar-refractivity contribution in [1.82, 2.24) is 4.90 Å². The molecule has 0 aliphatic rings. The first-order chi connectivity index (χ1) is 10.6. The van der Waals surface area contributed by atoms with E-state index in [1.54, 1.807) is 0 Å². The van der Waals surface area contributed by atoms with Crippen LogP contribution in [0.25, 0.3) is 0 Å². The Morgan fingerprint density at radius 1 is 1.18 bits per heavy atom. The standard InChI is InChI=1S/C19H24N2O/c1-4-19(22)18-12-17(11-10-15(18)2)20-14-21(3)13-16-8-6-5-7-9-16/h5-12,14,19,22H,4,13H2,1-3H3. The molecule has 1 unspecified atom stereocenters. The third-order valence-corrected chi connectivity index (χ3v) is 3.69. The fourth-order valence-corrected chi connectivity index (χ4v) is 2.36. The summed E-state index contributed by atoms with van der Waals surface area (Å²) in [6.45, 7) is 4.82. The molecule has 0 aliphatic heterocycles. The zero-order chi connectivity index (χ0) is 15.9. The first kappa shape index (κ1) is 16.2. The van der Waals surface area contributed by atoms with Crippen molar-refractivity contribution in [3.63, 3.8) is 0 Å². The molecule has 0 bridgehead atoms. The topological polar surface area (TPSA) is 35.8 Å². The van der Waals surface area contributed by atoms with E-state index in [2.05, 4.69) is 17.1 Å². The highest BCUT2D eigenvalue weighted by atomic mass is 16.3. The average Bonchev–Trinajstić information content (AvgIpc) is 2.54. The first-order valence-corrected chi connectivity index (χ1v) is 7.67. The maximum absolute atomic E-state index is 10.0. The Bertz CT molecular complexity index is 623. The SMILES string of the molecule is CCC(O)c1cc(N=CN(C)Cc2ccccc2)ccc1C. The number of nitrogens with zero attached hydrogens (tertiary/aromatic N) is 2. The number of aliphatic imine (C=N–C) groups is 1. The van der Waals surface area contributed by atoms with E-state index < -0.39 is 6.10 Å². The summed E-state index contributed by atoms with van der Waals surface area (Å²) in [5, 5.41) is 10.0. The van der Waals surface area contributed by atoms with Gasteiger partial charge in [0.1, 0.15) is 0 Å². The van der Waals surface area contributed by atoms with Crippen molar-refractivity contribution in [3.05, 3.63) is 65.2 Å². The molecule has 0 radical (unpaired) electrons. The third-order valence-electron chi connectivity index (χ3n) is 3.69. The van der Waals surface area contributed by atoms with Gasteiger partial charge in [0, 0.05) is 13.6 Å². The Balaban J connectivity index is 2.06. The van der Waals surface area contributed by atoms with Crippen molar-refractivity contribution >= 4 is 12.0 Å². The van der Waals surface area contributed by atoms with Gasteiger partial charge in [0.25, 0.3) is 0 Å². The molecule has 0 saturated carbocycles. The minimum atomic E-state index is -0.419. The second kappa shape index (κ2) is 7.76. The summed E-state index contributed by atoms with van der Waals surface area (Å²) in [6.07, 6.45) is 2.12. The Hall–Kier alpha value is -2.13. The molecule has 0 aromatic heterocycles. The lowest BCUT2D eigenvalue weighted by molar-refractivity contribution is 0.173. The van der Waals surface area contributed by atoms with E-state index in [-0.39, 0.29) is 0 Å². The first-order valence-electron chi connectivity index (χ1n) is 7.67. The van der Waals surface area contributed by atoms with Crippen LogP contribution in [0.1, 0.15) is 36.1 Å². The van der Waals surface area contributed by atoms with Crippen LogP contribution < -0.4 is 0 Å². The molecular weight excluding hydrogens is 272 g/mol. The number of aryl methyl sites for hydroxylation is 1. The van der Waals surface area contributed by atoms with Crippen LogP contribution in [0.2, 0.25) is 0 Å². The molecule has 0 amide bonds. The monoisotopic (exact) mass is 296 g/mol. The molecule has 2 aromatic rings. The van der Waals surface area contributed by atoms with Crippen LogP contribution in [0.15, 0.2) is 53.5 Å². The summed E-state index contributed by atoms with van der Waals surface area (Å²) in [7, 11) is 2.01. The summed E-state index contributed by atoms with van der Waals surface area (Å²) >= 11 is 0. The van der Waals surface area contributed by atoms with Gasteiger partial charge in [-0.3, -0.25) is 0 Å². The van der Waals surface area contributed by atoms with Gasteiger partial charge in [0.2, 0.25) is 0 Å². The van der Waals surface area contributed by atoms with Crippen molar-refractivity contribution in [2.45, 2.75) is 32.9 Å². The van der Waals surface area contributed by atoms with E-state index in [9.17, 15) is 5.11 Å². The second-order valence-electron chi connectivity index (χ2n) is 5.61. The second-order valence-corrected chi connectivity index (χ2v) is 5.61. The Kier molecular flexibility index (Phi) is 5.73. The van der Waals surface area contributed by atoms with Gasteiger partial charge in [-0.25, -0.2) is 4.99 Å². The maximum Gasteiger partial charge on any atom is 0.0912 e. The van der Waals surface area contributed by atoms with Crippen LogP contribution in [0.5, 0.6) is 0 Å². The van der Waals surface area contributed by atoms with Crippen molar-refractivity contribution in [2.24, 2.45) is 4.99 Å². The fraction of sp³-hybridized carbons (Fsp3) is 0.316. The van der Waals surface area contributed by atoms with E-state index in [1.807, 2.05) is 68.5 Å². The molecule has 3 nitrogen and oxygen atoms in total. The number of aliphatic hydroxyl groups is 1. The smallest absolute Gasteiger partial charge is 0.0912 e. The highest BCUT2D eigenvalue weighted by Gasteiger charge is 2.08. The lowest BCUT2D eigenvalue weighted by Crippen LogP contribution is -2.15. The number of rotatable bonds is 6. The lowest BCUT2D eigenvalue weighted by atomic mass is 10.0. The van der Waals surface area contributed by atoms with E-state index in [1.165, 1.54) is 5.56 Å². The van der Waals surface area contributed by atoms with Gasteiger partial charge in [-0.05, 0) is 42.2 Å². The number of hydrogen-bond donors (Lipinski definition) is 1. The van der Waals surface area contributed by atoms with E-state index in [0.29, 0.717) is 6.42 Å². The highest BCUT2D eigenvalue weighted by Crippen LogP contribution is 2.25. The molecule has 2 aromatic carbocycles. The van der Waals surface area contributed by atoms with Crippen molar-refractivity contribution in [1.29, 1.82) is 0 Å². The van der Waals surface area contributed by atoms with E-state index in [4.69, 9.17) is 0 Å². The van der Waals surface area contributed by atoms with Gasteiger partial charge >= 0.3 is 0 Å². The predicted molar refractivity (Wildman–Crippen MR) is 92.5 cm³/mol. The van der Waals surface area contributed by atoms with Gasteiger partial charge in [-0.2, -0.15) is 0 Å². The number of aliphatic hydroxyl groups excluding tert-OH is 1. The molecule has 116 valence electrons. The van der Waals surface area contributed by atoms with Crippen LogP contribution >= 0.6 is 0 Å². The molecule has 0 saturated heterocycles. The lowest BCUT2D eigenvalue weighted by Gasteiger charge is -2.14. The van der Waals surface area contributed by atoms with E-state index >= 15 is 0 Å². The summed E-state index contributed by atoms with van der Waals surface area (Å²) in [4.78, 5) is 6.56. The van der Waals surface area contributed by atoms with Gasteiger partial charge in [-0.1, -0.05) is 43.3 Å². The summed E-state index contributed by atoms with van der Waals surface area (Å²) in [6, 6.07) is 16.3. The zero-order valence-corrected chi connectivity index (χ0v) is 13.5. The molecule has 0 fully saturated rings. The Morgan fingerprint density at radius 2 is 1.91 bits per heavy atom. The van der Waals surface area contributed by atoms with Gasteiger partial charge < -0.3 is 10.0 Å². The van der Waals surface area contributed by atoms with Crippen LogP contribution in [-0.4, -0.2) is 23.4 Å². The van der Waals surface area contributed by atoms with Crippen molar-refractivity contribution < 1.29 is 5.11 Å². The number of benzene rings is 2. The molecule has 1 atom stereocenters. The van der Waals surface area contributed by atoms with Gasteiger partial charge in [0.15, 0.2) is 0 Å². The maximum atomic E-state index is 10.0. The predicted octanol–water partition coefficient (Wildman–Crippen LogP) is 4.23. The van der Waals surface area contributed by atoms with Crippen molar-refractivity contribution in [2.75, 3.05) is 7.05 Å². The summed E-state index contributed by atoms with van der Waals surface area (Å²) < 4.78 is 0. The summed E-state index contributed by atoms with van der Waals surface area (Å²) in [5.74, 6) is 0. The molecule has 2 rings (SSSR count). The molecule has 3 heteroatoms. The van der Waals surface area contributed by atoms with Crippen LogP contribution in [0.3, 0.4) is 0 Å². The average molecular weight is 296 g/mol. The largest absolute Gasteiger partial charge is 0.388 e. The zero-order valence-electron chi connectivity index (χ0n) is 13.5. The molecule has 1 N–H and O–H groups in total. The molecule has 0 aliphatic carbocycles. The molecular formula is C19H24N2O. The van der Waals surface area contributed by atoms with Crippen LogP contribution in [-0.2, 0) is 6.54 Å². The van der Waals surface area contributed by atoms with Gasteiger partial charge in [0.05, 0.1) is 18.1 Å². The quantitative estimate of drug-likeness (QED) is 0.639. The fourth-order valence-electron chi connectivity index (χ4n) is 2.36. The Morgan fingerprint density at radius 3 is 2.59 bits per heavy atom. The minimum Gasteiger partial charge on any atom is -0.388 e. The third kappa shape index (κ3) is 4.43. The van der Waals surface area contributed by atoms with Crippen LogP contribution in [0, 0.1) is 6.92 Å². The molecule has 0 heterocycles. The van der Waals surface area contributed by atoms with E-state index in [0.717, 1.165) is 23.4 Å². The number of hydrogen-bond acceptors (Lipinski definition) is 2. The summed E-state index contributed by atoms with van der Waals surface area (Å²) in [5.41, 5.74) is 4.18.